The molecular formula is C14H19NO3. The summed E-state index contributed by atoms with van der Waals surface area (Å²) in [7, 11) is 1.71. The summed E-state index contributed by atoms with van der Waals surface area (Å²) in [5.41, 5.74) is 2.65. The lowest BCUT2D eigenvalue weighted by Crippen LogP contribution is -2.36. The molecule has 1 heterocycles. The van der Waals surface area contributed by atoms with E-state index in [4.69, 9.17) is 9.84 Å². The van der Waals surface area contributed by atoms with Crippen LogP contribution in [0.3, 0.4) is 0 Å². The molecule has 0 aromatic heterocycles. The van der Waals surface area contributed by atoms with Gasteiger partial charge >= 0.3 is 5.97 Å². The number of aryl methyl sites for hydroxylation is 1. The molecule has 0 fully saturated rings. The zero-order valence-electron chi connectivity index (χ0n) is 10.8. The Balaban J connectivity index is 2.24. The Morgan fingerprint density at radius 2 is 2.33 bits per heavy atom. The number of benzene rings is 1. The second kappa shape index (κ2) is 5.40. The lowest BCUT2D eigenvalue weighted by Gasteiger charge is -2.33. The Morgan fingerprint density at radius 1 is 1.56 bits per heavy atom. The van der Waals surface area contributed by atoms with E-state index in [1.807, 2.05) is 13.0 Å². The summed E-state index contributed by atoms with van der Waals surface area (Å²) in [6.07, 6.45) is 2.19. The van der Waals surface area contributed by atoms with Crippen LogP contribution in [0.4, 0.5) is 5.69 Å². The molecule has 1 aromatic rings. The van der Waals surface area contributed by atoms with E-state index in [9.17, 15) is 4.79 Å². The van der Waals surface area contributed by atoms with Gasteiger partial charge in [0.05, 0.1) is 11.7 Å². The highest BCUT2D eigenvalue weighted by Gasteiger charge is 2.19. The minimum atomic E-state index is -0.861. The monoisotopic (exact) mass is 249 g/mol. The fraction of sp³-hybridized carbons (Fsp3) is 0.500. The van der Waals surface area contributed by atoms with Crippen LogP contribution in [0, 0.1) is 0 Å². The third kappa shape index (κ3) is 2.64. The third-order valence-corrected chi connectivity index (χ3v) is 3.42. The number of nitrogens with zero attached hydrogens (tertiary/aromatic N) is 1. The van der Waals surface area contributed by atoms with Crippen LogP contribution in [0.25, 0.3) is 0 Å². The van der Waals surface area contributed by atoms with Gasteiger partial charge in [-0.2, -0.15) is 0 Å². The number of hydrogen-bond acceptors (Lipinski definition) is 3. The van der Waals surface area contributed by atoms with Gasteiger partial charge in [-0.3, -0.25) is 0 Å². The molecule has 0 amide bonds. The van der Waals surface area contributed by atoms with E-state index in [0.29, 0.717) is 5.56 Å². The van der Waals surface area contributed by atoms with Crippen LogP contribution in [-0.4, -0.2) is 37.4 Å². The van der Waals surface area contributed by atoms with Crippen molar-refractivity contribution in [2.24, 2.45) is 0 Å². The quantitative estimate of drug-likeness (QED) is 0.888. The van der Waals surface area contributed by atoms with Crippen LogP contribution < -0.4 is 4.90 Å². The van der Waals surface area contributed by atoms with Gasteiger partial charge in [-0.15, -0.1) is 0 Å². The minimum Gasteiger partial charge on any atom is -0.478 e. The number of ether oxygens (including phenoxy) is 1. The SMILES string of the molecule is COC(C)CN1CCCc2cc(C(=O)O)ccc21. The average molecular weight is 249 g/mol. The molecule has 2 rings (SSSR count). The lowest BCUT2D eigenvalue weighted by atomic mass is 9.99. The number of carbonyl (C=O) groups is 1. The Hall–Kier alpha value is -1.55. The highest BCUT2D eigenvalue weighted by Crippen LogP contribution is 2.28. The smallest absolute Gasteiger partial charge is 0.335 e. The fourth-order valence-electron chi connectivity index (χ4n) is 2.38. The standard InChI is InChI=1S/C14H19NO3/c1-10(18-2)9-15-7-3-4-11-8-12(14(16)17)5-6-13(11)15/h5-6,8,10H,3-4,7,9H2,1-2H3,(H,16,17). The van der Waals surface area contributed by atoms with Gasteiger partial charge < -0.3 is 14.7 Å². The van der Waals surface area contributed by atoms with Crippen molar-refractivity contribution in [3.63, 3.8) is 0 Å². The van der Waals surface area contributed by atoms with Gasteiger partial charge in [-0.1, -0.05) is 0 Å². The van der Waals surface area contributed by atoms with Crippen molar-refractivity contribution in [1.29, 1.82) is 0 Å². The lowest BCUT2D eigenvalue weighted by molar-refractivity contribution is 0.0696. The Labute approximate surface area is 107 Å². The van der Waals surface area contributed by atoms with E-state index in [0.717, 1.165) is 37.2 Å². The second-order valence-corrected chi connectivity index (χ2v) is 4.74. The fourth-order valence-corrected chi connectivity index (χ4v) is 2.38. The van der Waals surface area contributed by atoms with Gasteiger partial charge in [-0.25, -0.2) is 4.79 Å². The topological polar surface area (TPSA) is 49.8 Å². The molecule has 1 aromatic carbocycles. The molecular weight excluding hydrogens is 230 g/mol. The van der Waals surface area contributed by atoms with Crippen molar-refractivity contribution in [2.75, 3.05) is 25.1 Å². The first-order chi connectivity index (χ1) is 8.61. The molecule has 1 N–H and O–H groups in total. The molecule has 98 valence electrons. The number of rotatable bonds is 4. The van der Waals surface area contributed by atoms with Gasteiger partial charge in [0.2, 0.25) is 0 Å². The van der Waals surface area contributed by atoms with Crippen LogP contribution in [0.2, 0.25) is 0 Å². The summed E-state index contributed by atoms with van der Waals surface area (Å²) >= 11 is 0. The van der Waals surface area contributed by atoms with E-state index in [1.165, 1.54) is 0 Å². The van der Waals surface area contributed by atoms with Crippen molar-refractivity contribution < 1.29 is 14.6 Å². The van der Waals surface area contributed by atoms with Crippen LogP contribution >= 0.6 is 0 Å². The predicted molar refractivity (Wildman–Crippen MR) is 70.4 cm³/mol. The number of anilines is 1. The van der Waals surface area contributed by atoms with Gasteiger partial charge in [0.15, 0.2) is 0 Å². The first-order valence-corrected chi connectivity index (χ1v) is 6.25. The molecule has 4 heteroatoms. The van der Waals surface area contributed by atoms with Crippen LogP contribution in [0.15, 0.2) is 18.2 Å². The molecule has 0 aliphatic carbocycles. The molecule has 4 nitrogen and oxygen atoms in total. The summed E-state index contributed by atoms with van der Waals surface area (Å²) in [6, 6.07) is 5.39. The van der Waals surface area contributed by atoms with Gasteiger partial charge in [0.25, 0.3) is 0 Å². The Morgan fingerprint density at radius 3 is 3.00 bits per heavy atom. The van der Waals surface area contributed by atoms with E-state index in [1.54, 1.807) is 19.2 Å². The van der Waals surface area contributed by atoms with Gasteiger partial charge in [0.1, 0.15) is 0 Å². The van der Waals surface area contributed by atoms with Crippen molar-refractivity contribution >= 4 is 11.7 Å². The maximum absolute atomic E-state index is 11.0. The van der Waals surface area contributed by atoms with Crippen molar-refractivity contribution in [3.8, 4) is 0 Å². The first-order valence-electron chi connectivity index (χ1n) is 6.25. The largest absolute Gasteiger partial charge is 0.478 e. The molecule has 1 aliphatic heterocycles. The summed E-state index contributed by atoms with van der Waals surface area (Å²) in [4.78, 5) is 13.2. The zero-order valence-corrected chi connectivity index (χ0v) is 10.8. The highest BCUT2D eigenvalue weighted by molar-refractivity contribution is 5.88. The van der Waals surface area contributed by atoms with Crippen molar-refractivity contribution in [2.45, 2.75) is 25.9 Å². The third-order valence-electron chi connectivity index (χ3n) is 3.42. The number of hydrogen-bond donors (Lipinski definition) is 1. The maximum atomic E-state index is 11.0. The van der Waals surface area contributed by atoms with Gasteiger partial charge in [-0.05, 0) is 43.5 Å². The molecule has 1 unspecified atom stereocenters. The van der Waals surface area contributed by atoms with Crippen LogP contribution in [0.1, 0.15) is 29.3 Å². The molecule has 1 atom stereocenters. The highest BCUT2D eigenvalue weighted by atomic mass is 16.5. The minimum absolute atomic E-state index is 0.176. The van der Waals surface area contributed by atoms with E-state index in [-0.39, 0.29) is 6.10 Å². The Bertz CT molecular complexity index is 445. The van der Waals surface area contributed by atoms with Crippen LogP contribution in [-0.2, 0) is 11.2 Å². The molecule has 0 bridgehead atoms. The normalized spacial score (nSPS) is 16.2. The molecule has 0 spiro atoms. The van der Waals surface area contributed by atoms with Crippen molar-refractivity contribution in [1.82, 2.24) is 0 Å². The molecule has 0 radical (unpaired) electrons. The summed E-state index contributed by atoms with van der Waals surface area (Å²) < 4.78 is 5.29. The van der Waals surface area contributed by atoms with Crippen molar-refractivity contribution in [3.05, 3.63) is 29.3 Å². The van der Waals surface area contributed by atoms with E-state index >= 15 is 0 Å². The van der Waals surface area contributed by atoms with Gasteiger partial charge in [0, 0.05) is 25.9 Å². The number of carboxylic acids is 1. The number of fused-ring (bicyclic) bond motifs is 1. The zero-order chi connectivity index (χ0) is 13.1. The number of carboxylic acid groups (broad SMARTS) is 1. The maximum Gasteiger partial charge on any atom is 0.335 e. The predicted octanol–water partition coefficient (Wildman–Crippen LogP) is 2.17. The first kappa shape index (κ1) is 12.9. The molecule has 18 heavy (non-hydrogen) atoms. The second-order valence-electron chi connectivity index (χ2n) is 4.74. The van der Waals surface area contributed by atoms with Crippen LogP contribution in [0.5, 0.6) is 0 Å². The number of methoxy groups -OCH3 is 1. The van der Waals surface area contributed by atoms with E-state index in [2.05, 4.69) is 4.90 Å². The molecule has 1 aliphatic rings. The summed E-state index contributed by atoms with van der Waals surface area (Å²) in [5, 5.41) is 9.00. The average Bonchev–Trinajstić information content (AvgIpc) is 2.38. The summed E-state index contributed by atoms with van der Waals surface area (Å²) in [6.45, 7) is 3.89. The Kier molecular flexibility index (Phi) is 3.87. The molecule has 0 saturated heterocycles. The number of aromatic carboxylic acids is 1. The summed E-state index contributed by atoms with van der Waals surface area (Å²) in [5.74, 6) is -0.861. The van der Waals surface area contributed by atoms with E-state index < -0.39 is 5.97 Å². The molecule has 0 saturated carbocycles.